The number of benzene rings is 1. The molecule has 110 valence electrons. The first kappa shape index (κ1) is 16.4. The van der Waals surface area contributed by atoms with Crippen LogP contribution in [0.3, 0.4) is 0 Å². The Labute approximate surface area is 119 Å². The predicted octanol–water partition coefficient (Wildman–Crippen LogP) is 2.25. The number of carboxylic acid groups (broad SMARTS) is 1. The lowest BCUT2D eigenvalue weighted by atomic mass is 10.1. The first-order chi connectivity index (χ1) is 9.29. The number of aromatic carboxylic acids is 1. The molecule has 1 rings (SSSR count). The normalized spacial score (nSPS) is 11.9. The molecule has 0 aromatic heterocycles. The van der Waals surface area contributed by atoms with Crippen LogP contribution in [0.2, 0.25) is 0 Å². The van der Waals surface area contributed by atoms with Gasteiger partial charge in [-0.25, -0.2) is 17.9 Å². The second-order valence-electron chi connectivity index (χ2n) is 4.49. The van der Waals surface area contributed by atoms with Gasteiger partial charge in [0.15, 0.2) is 0 Å². The molecular weight excluding hydrogens is 278 g/mol. The highest BCUT2D eigenvalue weighted by molar-refractivity contribution is 7.89. The number of hydrogen-bond acceptors (Lipinski definition) is 3. The van der Waals surface area contributed by atoms with E-state index in [-0.39, 0.29) is 17.0 Å². The van der Waals surface area contributed by atoms with Crippen LogP contribution >= 0.6 is 0 Å². The van der Waals surface area contributed by atoms with Crippen LogP contribution in [-0.4, -0.2) is 26.0 Å². The van der Waals surface area contributed by atoms with Crippen molar-refractivity contribution in [3.63, 3.8) is 0 Å². The Hall–Kier alpha value is -1.66. The van der Waals surface area contributed by atoms with Gasteiger partial charge in [-0.2, -0.15) is 0 Å². The fraction of sp³-hybridized carbons (Fsp3) is 0.357. The molecule has 0 aliphatic rings. The zero-order valence-corrected chi connectivity index (χ0v) is 12.6. The molecule has 0 heterocycles. The summed E-state index contributed by atoms with van der Waals surface area (Å²) in [6.07, 6.45) is 4.29. The molecule has 2 N–H and O–H groups in total. The van der Waals surface area contributed by atoms with E-state index in [1.807, 2.05) is 19.1 Å². The SMILES string of the molecule is C/C=C/CCNS(=O)(=O)c1cc(C(=O)O)c(C)cc1C. The molecule has 0 atom stereocenters. The Morgan fingerprint density at radius 3 is 2.50 bits per heavy atom. The van der Waals surface area contributed by atoms with Crippen molar-refractivity contribution < 1.29 is 18.3 Å². The average molecular weight is 297 g/mol. The number of nitrogens with one attached hydrogen (secondary N) is 1. The lowest BCUT2D eigenvalue weighted by Gasteiger charge is -2.11. The fourth-order valence-electron chi connectivity index (χ4n) is 1.87. The van der Waals surface area contributed by atoms with E-state index in [2.05, 4.69) is 4.72 Å². The van der Waals surface area contributed by atoms with Gasteiger partial charge >= 0.3 is 5.97 Å². The lowest BCUT2D eigenvalue weighted by Crippen LogP contribution is -2.25. The number of hydrogen-bond donors (Lipinski definition) is 2. The molecule has 0 saturated carbocycles. The summed E-state index contributed by atoms with van der Waals surface area (Å²) in [5, 5.41) is 9.07. The van der Waals surface area contributed by atoms with E-state index in [1.54, 1.807) is 19.9 Å². The van der Waals surface area contributed by atoms with Crippen LogP contribution in [0.5, 0.6) is 0 Å². The first-order valence-electron chi connectivity index (χ1n) is 6.25. The van der Waals surface area contributed by atoms with E-state index in [9.17, 15) is 13.2 Å². The molecule has 6 heteroatoms. The van der Waals surface area contributed by atoms with Crippen molar-refractivity contribution in [1.29, 1.82) is 0 Å². The van der Waals surface area contributed by atoms with Gasteiger partial charge in [-0.15, -0.1) is 0 Å². The maximum absolute atomic E-state index is 12.2. The quantitative estimate of drug-likeness (QED) is 0.623. The molecule has 0 amide bonds. The van der Waals surface area contributed by atoms with Crippen LogP contribution in [0.25, 0.3) is 0 Å². The van der Waals surface area contributed by atoms with E-state index in [0.717, 1.165) is 0 Å². The molecule has 0 unspecified atom stereocenters. The van der Waals surface area contributed by atoms with Crippen molar-refractivity contribution in [1.82, 2.24) is 4.72 Å². The van der Waals surface area contributed by atoms with Gasteiger partial charge in [-0.3, -0.25) is 0 Å². The van der Waals surface area contributed by atoms with Crippen molar-refractivity contribution in [2.24, 2.45) is 0 Å². The van der Waals surface area contributed by atoms with Crippen LogP contribution in [0.15, 0.2) is 29.2 Å². The van der Waals surface area contributed by atoms with E-state index in [0.29, 0.717) is 17.5 Å². The molecule has 0 bridgehead atoms. The second-order valence-corrected chi connectivity index (χ2v) is 6.23. The van der Waals surface area contributed by atoms with Crippen LogP contribution in [0.1, 0.15) is 34.8 Å². The largest absolute Gasteiger partial charge is 0.478 e. The minimum absolute atomic E-state index is 0.00410. The standard InChI is InChI=1S/C14H19NO4S/c1-4-5-6-7-15-20(18,19)13-9-12(14(16)17)10(2)8-11(13)3/h4-5,8-9,15H,6-7H2,1-3H3,(H,16,17)/b5-4+. The molecule has 0 aliphatic carbocycles. The Bertz CT molecular complexity index is 633. The summed E-state index contributed by atoms with van der Waals surface area (Å²) in [4.78, 5) is 11.1. The summed E-state index contributed by atoms with van der Waals surface area (Å²) in [7, 11) is -3.69. The van der Waals surface area contributed by atoms with E-state index < -0.39 is 16.0 Å². The molecule has 5 nitrogen and oxygen atoms in total. The minimum Gasteiger partial charge on any atom is -0.478 e. The van der Waals surface area contributed by atoms with E-state index in [1.165, 1.54) is 6.07 Å². The van der Waals surface area contributed by atoms with Crippen LogP contribution in [0, 0.1) is 13.8 Å². The zero-order valence-electron chi connectivity index (χ0n) is 11.8. The van der Waals surface area contributed by atoms with Gasteiger partial charge in [0.05, 0.1) is 10.5 Å². The average Bonchev–Trinajstić information content (AvgIpc) is 2.33. The maximum atomic E-state index is 12.2. The Morgan fingerprint density at radius 2 is 1.95 bits per heavy atom. The van der Waals surface area contributed by atoms with Gasteiger partial charge < -0.3 is 5.11 Å². The van der Waals surface area contributed by atoms with Crippen LogP contribution in [0.4, 0.5) is 0 Å². The molecule has 0 saturated heterocycles. The van der Waals surface area contributed by atoms with Crippen molar-refractivity contribution in [2.75, 3.05) is 6.54 Å². The number of rotatable bonds is 6. The number of carbonyl (C=O) groups is 1. The molecule has 0 radical (unpaired) electrons. The molecule has 20 heavy (non-hydrogen) atoms. The number of sulfonamides is 1. The summed E-state index contributed by atoms with van der Waals surface area (Å²) in [5.74, 6) is -1.13. The van der Waals surface area contributed by atoms with Gasteiger partial charge in [0.25, 0.3) is 0 Å². The minimum atomic E-state index is -3.69. The van der Waals surface area contributed by atoms with Crippen molar-refractivity contribution in [3.05, 3.63) is 41.0 Å². The highest BCUT2D eigenvalue weighted by Crippen LogP contribution is 2.20. The van der Waals surface area contributed by atoms with Gasteiger partial charge in [0.1, 0.15) is 0 Å². The molecular formula is C14H19NO4S. The fourth-order valence-corrected chi connectivity index (χ4v) is 3.17. The topological polar surface area (TPSA) is 83.5 Å². The van der Waals surface area contributed by atoms with Crippen LogP contribution in [-0.2, 0) is 10.0 Å². The third-order valence-electron chi connectivity index (χ3n) is 2.88. The van der Waals surface area contributed by atoms with Crippen molar-refractivity contribution in [2.45, 2.75) is 32.1 Å². The van der Waals surface area contributed by atoms with Crippen molar-refractivity contribution in [3.8, 4) is 0 Å². The third-order valence-corrected chi connectivity index (χ3v) is 4.48. The van der Waals surface area contributed by atoms with Gasteiger partial charge in [-0.05, 0) is 44.4 Å². The van der Waals surface area contributed by atoms with Gasteiger partial charge in [0.2, 0.25) is 10.0 Å². The van der Waals surface area contributed by atoms with Crippen molar-refractivity contribution >= 4 is 16.0 Å². The smallest absolute Gasteiger partial charge is 0.335 e. The highest BCUT2D eigenvalue weighted by Gasteiger charge is 2.20. The third kappa shape index (κ3) is 3.91. The van der Waals surface area contributed by atoms with E-state index >= 15 is 0 Å². The number of carboxylic acids is 1. The van der Waals surface area contributed by atoms with E-state index in [4.69, 9.17) is 5.11 Å². The van der Waals surface area contributed by atoms with Crippen LogP contribution < -0.4 is 4.72 Å². The zero-order chi connectivity index (χ0) is 15.3. The van der Waals surface area contributed by atoms with Gasteiger partial charge in [-0.1, -0.05) is 18.2 Å². The Balaban J connectivity index is 3.11. The monoisotopic (exact) mass is 297 g/mol. The molecule has 0 spiro atoms. The summed E-state index contributed by atoms with van der Waals surface area (Å²) in [6.45, 7) is 5.44. The molecule has 1 aromatic carbocycles. The summed E-state index contributed by atoms with van der Waals surface area (Å²) < 4.78 is 26.8. The van der Waals surface area contributed by atoms with Gasteiger partial charge in [0, 0.05) is 6.54 Å². The summed E-state index contributed by atoms with van der Waals surface area (Å²) >= 11 is 0. The molecule has 1 aromatic rings. The maximum Gasteiger partial charge on any atom is 0.335 e. The molecule has 0 fully saturated rings. The predicted molar refractivity (Wildman–Crippen MR) is 77.5 cm³/mol. The second kappa shape index (κ2) is 6.67. The first-order valence-corrected chi connectivity index (χ1v) is 7.73. The highest BCUT2D eigenvalue weighted by atomic mass is 32.2. The molecule has 0 aliphatic heterocycles. The summed E-state index contributed by atoms with van der Waals surface area (Å²) in [6, 6.07) is 2.79. The summed E-state index contributed by atoms with van der Waals surface area (Å²) in [5.41, 5.74) is 1.08. The Kier molecular flexibility index (Phi) is 5.47. The lowest BCUT2D eigenvalue weighted by molar-refractivity contribution is 0.0696. The number of allylic oxidation sites excluding steroid dienone is 1. The Morgan fingerprint density at radius 1 is 1.30 bits per heavy atom. The number of aryl methyl sites for hydroxylation is 2.